The number of carbonyl (C=O) groups is 1. The minimum Gasteiger partial charge on any atom is -0.394 e. The molecule has 1 saturated carbocycles. The van der Waals surface area contributed by atoms with Crippen LogP contribution in [0.4, 0.5) is 14.5 Å². The lowest BCUT2D eigenvalue weighted by Crippen LogP contribution is -2.43. The van der Waals surface area contributed by atoms with Crippen molar-refractivity contribution in [2.75, 3.05) is 6.61 Å². The molecule has 0 spiro atoms. The predicted octanol–water partition coefficient (Wildman–Crippen LogP) is 2.58. The van der Waals surface area contributed by atoms with E-state index in [-0.39, 0.29) is 28.2 Å². The zero-order valence-corrected chi connectivity index (χ0v) is 17.1. The molecule has 1 heterocycles. The lowest BCUT2D eigenvalue weighted by Gasteiger charge is -2.22. The average molecular weight is 489 g/mol. The molecule has 0 aliphatic heterocycles. The first-order valence-electron chi connectivity index (χ1n) is 9.09. The molecule has 162 valence electrons. The largest absolute Gasteiger partial charge is 0.394 e. The summed E-state index contributed by atoms with van der Waals surface area (Å²) in [6.45, 7) is -0.967. The number of halogens is 3. The van der Waals surface area contributed by atoms with Gasteiger partial charge in [-0.25, -0.2) is 8.78 Å². The Labute approximate surface area is 178 Å². The molecule has 1 aliphatic carbocycles. The number of benzene rings is 1. The van der Waals surface area contributed by atoms with Crippen molar-refractivity contribution >= 4 is 27.5 Å². The standard InChI is InChI=1S/C18H19BrF2N4O5/c19-14-15(18(20)21)23-24(16(14)9-1-2-9)7-13(27)22-12(8-26)17(28)10-3-5-11(6-4-10)25(29)30/h3-6,9,12,17-18,26,28H,1-2,7-8H2,(H,22,27). The lowest BCUT2D eigenvalue weighted by atomic mass is 10.0. The predicted molar refractivity (Wildman–Crippen MR) is 104 cm³/mol. The van der Waals surface area contributed by atoms with Crippen LogP contribution in [0.25, 0.3) is 0 Å². The minimum absolute atomic E-state index is 0.0477. The van der Waals surface area contributed by atoms with Gasteiger partial charge < -0.3 is 15.5 Å². The topological polar surface area (TPSA) is 131 Å². The molecule has 0 saturated heterocycles. The number of alkyl halides is 2. The van der Waals surface area contributed by atoms with Crippen molar-refractivity contribution in [1.29, 1.82) is 0 Å². The molecule has 2 unspecified atom stereocenters. The third-order valence-electron chi connectivity index (χ3n) is 4.79. The molecule has 2 aromatic rings. The van der Waals surface area contributed by atoms with Gasteiger partial charge in [0, 0.05) is 18.1 Å². The molecule has 1 fully saturated rings. The van der Waals surface area contributed by atoms with Crippen molar-refractivity contribution in [2.45, 2.75) is 43.9 Å². The van der Waals surface area contributed by atoms with Gasteiger partial charge in [-0.1, -0.05) is 0 Å². The first-order chi connectivity index (χ1) is 14.2. The number of amides is 1. The Hall–Kier alpha value is -2.44. The normalized spacial score (nSPS) is 15.8. The molecule has 1 aromatic heterocycles. The quantitative estimate of drug-likeness (QED) is 0.367. The molecule has 3 rings (SSSR count). The Morgan fingerprint density at radius 1 is 1.37 bits per heavy atom. The third kappa shape index (κ3) is 4.82. The number of aromatic nitrogens is 2. The molecular weight excluding hydrogens is 470 g/mol. The molecule has 12 heteroatoms. The summed E-state index contributed by atoms with van der Waals surface area (Å²) in [6, 6.07) is 3.94. The van der Waals surface area contributed by atoms with Crippen molar-refractivity contribution in [2.24, 2.45) is 0 Å². The highest BCUT2D eigenvalue weighted by molar-refractivity contribution is 9.10. The number of carbonyl (C=O) groups excluding carboxylic acids is 1. The van der Waals surface area contributed by atoms with Gasteiger partial charge in [-0.3, -0.25) is 19.6 Å². The number of hydrogen-bond acceptors (Lipinski definition) is 6. The van der Waals surface area contributed by atoms with Gasteiger partial charge in [0.1, 0.15) is 18.3 Å². The fraction of sp³-hybridized carbons (Fsp3) is 0.444. The van der Waals surface area contributed by atoms with Gasteiger partial charge in [-0.05, 0) is 46.5 Å². The summed E-state index contributed by atoms with van der Waals surface area (Å²) in [5.74, 6) is -0.584. The molecule has 1 aliphatic rings. The van der Waals surface area contributed by atoms with Gasteiger partial charge in [0.15, 0.2) is 0 Å². The Morgan fingerprint density at radius 3 is 2.50 bits per heavy atom. The van der Waals surface area contributed by atoms with E-state index in [1.54, 1.807) is 0 Å². The van der Waals surface area contributed by atoms with Gasteiger partial charge >= 0.3 is 0 Å². The Morgan fingerprint density at radius 2 is 2.00 bits per heavy atom. The Bertz CT molecular complexity index is 933. The summed E-state index contributed by atoms with van der Waals surface area (Å²) in [5.41, 5.74) is 0.189. The van der Waals surface area contributed by atoms with Crippen LogP contribution in [0.3, 0.4) is 0 Å². The van der Waals surface area contributed by atoms with Crippen LogP contribution in [-0.4, -0.2) is 43.5 Å². The first kappa shape index (κ1) is 22.2. The molecule has 1 amide bonds. The van der Waals surface area contributed by atoms with E-state index in [0.29, 0.717) is 5.69 Å². The van der Waals surface area contributed by atoms with Crippen LogP contribution >= 0.6 is 15.9 Å². The van der Waals surface area contributed by atoms with E-state index in [1.165, 1.54) is 28.9 Å². The number of nitrogens with zero attached hydrogens (tertiary/aromatic N) is 3. The number of nitro groups is 1. The summed E-state index contributed by atoms with van der Waals surface area (Å²) < 4.78 is 27.7. The summed E-state index contributed by atoms with van der Waals surface area (Å²) >= 11 is 3.14. The molecule has 0 radical (unpaired) electrons. The van der Waals surface area contributed by atoms with Gasteiger partial charge in [0.25, 0.3) is 12.1 Å². The second kappa shape index (κ2) is 9.14. The fourth-order valence-corrected chi connectivity index (χ4v) is 3.90. The molecular formula is C18H19BrF2N4O5. The zero-order chi connectivity index (χ0) is 22.0. The SMILES string of the molecule is O=C(Cn1nc(C(F)F)c(Br)c1C1CC1)NC(CO)C(O)c1ccc([N+](=O)[O-])cc1. The van der Waals surface area contributed by atoms with Crippen molar-refractivity contribution in [3.63, 3.8) is 0 Å². The highest BCUT2D eigenvalue weighted by atomic mass is 79.9. The van der Waals surface area contributed by atoms with Crippen LogP contribution in [0, 0.1) is 10.1 Å². The molecule has 2 atom stereocenters. The van der Waals surface area contributed by atoms with Crippen molar-refractivity contribution in [1.82, 2.24) is 15.1 Å². The first-order valence-corrected chi connectivity index (χ1v) is 9.89. The number of nitrogens with one attached hydrogen (secondary N) is 1. The van der Waals surface area contributed by atoms with Crippen LogP contribution in [0.1, 0.15) is 48.2 Å². The maximum atomic E-state index is 13.2. The van der Waals surface area contributed by atoms with Gasteiger partial charge in [0.05, 0.1) is 27.7 Å². The van der Waals surface area contributed by atoms with E-state index in [4.69, 9.17) is 0 Å². The van der Waals surface area contributed by atoms with E-state index in [9.17, 15) is 33.9 Å². The molecule has 1 aromatic carbocycles. The van der Waals surface area contributed by atoms with Crippen LogP contribution in [0.2, 0.25) is 0 Å². The zero-order valence-electron chi connectivity index (χ0n) is 15.5. The lowest BCUT2D eigenvalue weighted by molar-refractivity contribution is -0.384. The van der Waals surface area contributed by atoms with Crippen LogP contribution < -0.4 is 5.32 Å². The summed E-state index contributed by atoms with van der Waals surface area (Å²) in [4.78, 5) is 22.6. The summed E-state index contributed by atoms with van der Waals surface area (Å²) in [5, 5.41) is 37.0. The molecule has 3 N–H and O–H groups in total. The van der Waals surface area contributed by atoms with Gasteiger partial charge in [0.2, 0.25) is 5.91 Å². The minimum atomic E-state index is -2.80. The van der Waals surface area contributed by atoms with E-state index in [0.717, 1.165) is 12.8 Å². The monoisotopic (exact) mass is 488 g/mol. The van der Waals surface area contributed by atoms with Crippen LogP contribution in [0.5, 0.6) is 0 Å². The third-order valence-corrected chi connectivity index (χ3v) is 5.60. The van der Waals surface area contributed by atoms with Crippen molar-refractivity contribution in [3.8, 4) is 0 Å². The Balaban J connectivity index is 1.71. The summed E-state index contributed by atoms with van der Waals surface area (Å²) in [7, 11) is 0. The van der Waals surface area contributed by atoms with E-state index < -0.39 is 41.7 Å². The highest BCUT2D eigenvalue weighted by Crippen LogP contribution is 2.45. The van der Waals surface area contributed by atoms with Crippen LogP contribution in [-0.2, 0) is 11.3 Å². The maximum absolute atomic E-state index is 13.2. The highest BCUT2D eigenvalue weighted by Gasteiger charge is 2.34. The summed E-state index contributed by atoms with van der Waals surface area (Å²) in [6.07, 6.45) is -2.50. The van der Waals surface area contributed by atoms with E-state index >= 15 is 0 Å². The number of rotatable bonds is 9. The molecule has 0 bridgehead atoms. The van der Waals surface area contributed by atoms with Gasteiger partial charge in [-0.2, -0.15) is 5.10 Å². The van der Waals surface area contributed by atoms with Crippen molar-refractivity contribution < 1.29 is 28.7 Å². The van der Waals surface area contributed by atoms with Crippen molar-refractivity contribution in [3.05, 3.63) is 55.8 Å². The average Bonchev–Trinajstić information content (AvgIpc) is 3.49. The number of non-ortho nitro benzene ring substituents is 1. The fourth-order valence-electron chi connectivity index (χ4n) is 3.12. The molecule has 9 nitrogen and oxygen atoms in total. The molecule has 30 heavy (non-hydrogen) atoms. The Kier molecular flexibility index (Phi) is 6.78. The smallest absolute Gasteiger partial charge is 0.283 e. The second-order valence-electron chi connectivity index (χ2n) is 6.97. The number of nitro benzene ring substituents is 1. The van der Waals surface area contributed by atoms with E-state index in [1.807, 2.05) is 0 Å². The number of aliphatic hydroxyl groups is 2. The van der Waals surface area contributed by atoms with E-state index in [2.05, 4.69) is 26.3 Å². The van der Waals surface area contributed by atoms with Gasteiger partial charge in [-0.15, -0.1) is 0 Å². The maximum Gasteiger partial charge on any atom is 0.283 e. The van der Waals surface area contributed by atoms with Crippen LogP contribution in [0.15, 0.2) is 28.7 Å². The number of hydrogen-bond donors (Lipinski definition) is 3. The second-order valence-corrected chi connectivity index (χ2v) is 7.76. The number of aliphatic hydroxyl groups excluding tert-OH is 2.